The lowest BCUT2D eigenvalue weighted by Crippen LogP contribution is -2.35. The van der Waals surface area contributed by atoms with Gasteiger partial charge in [0.15, 0.2) is 0 Å². The zero-order valence-electron chi connectivity index (χ0n) is 22.6. The van der Waals surface area contributed by atoms with Crippen molar-refractivity contribution >= 4 is 17.2 Å². The lowest BCUT2D eigenvalue weighted by atomic mass is 9.94. The Morgan fingerprint density at radius 2 is 1.95 bits per heavy atom. The van der Waals surface area contributed by atoms with E-state index in [1.807, 2.05) is 67.6 Å². The number of aromatic nitrogens is 6. The van der Waals surface area contributed by atoms with Gasteiger partial charge in [0.05, 0.1) is 23.0 Å². The van der Waals surface area contributed by atoms with Gasteiger partial charge in [0.2, 0.25) is 5.89 Å². The van der Waals surface area contributed by atoms with Crippen LogP contribution in [0.4, 0.5) is 0 Å². The van der Waals surface area contributed by atoms with E-state index in [0.717, 1.165) is 34.8 Å². The lowest BCUT2D eigenvalue weighted by molar-refractivity contribution is 0.0735. The largest absolute Gasteiger partial charge is 0.417 e. The maximum absolute atomic E-state index is 14.0. The van der Waals surface area contributed by atoms with Crippen LogP contribution in [0.2, 0.25) is 0 Å². The topological polar surface area (TPSA) is 129 Å². The Morgan fingerprint density at radius 1 is 1.15 bits per heavy atom. The van der Waals surface area contributed by atoms with Crippen LogP contribution in [0.1, 0.15) is 58.3 Å². The summed E-state index contributed by atoms with van der Waals surface area (Å²) in [6, 6.07) is 15.2. The summed E-state index contributed by atoms with van der Waals surface area (Å²) in [4.78, 5) is 25.3. The Labute approximate surface area is 235 Å². The molecule has 1 unspecified atom stereocenters. The summed E-state index contributed by atoms with van der Waals surface area (Å²) < 4.78 is 7.81. The number of carbonyl (C=O) groups is 1. The summed E-state index contributed by atoms with van der Waals surface area (Å²) in [5.74, 6) is 0.409. The van der Waals surface area contributed by atoms with Gasteiger partial charge in [-0.3, -0.25) is 9.48 Å². The van der Waals surface area contributed by atoms with Crippen LogP contribution >= 0.6 is 11.3 Å². The first kappa shape index (κ1) is 26.0. The molecule has 0 radical (unpaired) electrons. The van der Waals surface area contributed by atoms with Crippen molar-refractivity contribution in [1.29, 1.82) is 0 Å². The molecule has 2 atom stereocenters. The number of thiazole rings is 1. The van der Waals surface area contributed by atoms with E-state index in [-0.39, 0.29) is 17.8 Å². The predicted octanol–water partition coefficient (Wildman–Crippen LogP) is 4.69. The minimum absolute atomic E-state index is 0.0473. The zero-order chi connectivity index (χ0) is 27.9. The van der Waals surface area contributed by atoms with E-state index in [0.29, 0.717) is 35.8 Å². The van der Waals surface area contributed by atoms with Crippen molar-refractivity contribution in [1.82, 2.24) is 34.8 Å². The molecule has 2 N–H and O–H groups in total. The quantitative estimate of drug-likeness (QED) is 0.307. The number of likely N-dealkylation sites (tertiary alicyclic amines) is 1. The molecule has 0 spiro atoms. The van der Waals surface area contributed by atoms with Crippen molar-refractivity contribution in [3.05, 3.63) is 87.8 Å². The van der Waals surface area contributed by atoms with E-state index in [1.54, 1.807) is 34.3 Å². The number of hydrogen-bond donors (Lipinski definition) is 1. The Bertz CT molecular complexity index is 1660. The van der Waals surface area contributed by atoms with Crippen LogP contribution in [0.5, 0.6) is 0 Å². The number of nitrogens with two attached hydrogens (primary N) is 1. The highest BCUT2D eigenvalue weighted by atomic mass is 32.1. The Balaban J connectivity index is 1.37. The van der Waals surface area contributed by atoms with Crippen LogP contribution in [-0.4, -0.2) is 47.3 Å². The molecular formula is C29H30N8O2S. The standard InChI is InChI=1S/C29H30N8O2S/c1-18-17-40-26(32-18)24-10-7-13-37(24)27(38)20-14-21(23-11-12-31-36(23)3)33-22(15-20)25-34-35-28(39-25)29(2,30)16-19-8-5-4-6-9-19/h4-6,8-9,11-12,14-15,17,24H,7,10,13,16,30H2,1-3H3/t24-,29?/m1/s1. The second kappa shape index (κ2) is 10.4. The molecule has 40 heavy (non-hydrogen) atoms. The predicted molar refractivity (Wildman–Crippen MR) is 151 cm³/mol. The molecule has 6 rings (SSSR count). The molecule has 1 amide bonds. The van der Waals surface area contributed by atoms with Gasteiger partial charge in [0, 0.05) is 36.4 Å². The van der Waals surface area contributed by atoms with Crippen molar-refractivity contribution in [2.75, 3.05) is 6.54 Å². The van der Waals surface area contributed by atoms with E-state index in [2.05, 4.69) is 20.3 Å². The average Bonchev–Trinajstić information content (AvgIpc) is 3.75. The molecule has 4 aromatic heterocycles. The minimum Gasteiger partial charge on any atom is -0.417 e. The van der Waals surface area contributed by atoms with Crippen LogP contribution in [0.3, 0.4) is 0 Å². The molecule has 0 aliphatic carbocycles. The molecule has 1 fully saturated rings. The highest BCUT2D eigenvalue weighted by Gasteiger charge is 2.34. The summed E-state index contributed by atoms with van der Waals surface area (Å²) in [5, 5.41) is 15.8. The van der Waals surface area contributed by atoms with Gasteiger partial charge in [-0.15, -0.1) is 21.5 Å². The van der Waals surface area contributed by atoms with Crippen LogP contribution in [0, 0.1) is 6.92 Å². The lowest BCUT2D eigenvalue weighted by Gasteiger charge is -2.23. The van der Waals surface area contributed by atoms with Crippen molar-refractivity contribution in [3.63, 3.8) is 0 Å². The number of hydrogen-bond acceptors (Lipinski definition) is 9. The molecule has 0 bridgehead atoms. The van der Waals surface area contributed by atoms with E-state index in [9.17, 15) is 4.79 Å². The van der Waals surface area contributed by atoms with Gasteiger partial charge < -0.3 is 15.1 Å². The van der Waals surface area contributed by atoms with Crippen molar-refractivity contribution < 1.29 is 9.21 Å². The van der Waals surface area contributed by atoms with Crippen LogP contribution in [0.15, 0.2) is 64.5 Å². The van der Waals surface area contributed by atoms with Gasteiger partial charge in [-0.05, 0) is 56.9 Å². The number of pyridine rings is 1. The summed E-state index contributed by atoms with van der Waals surface area (Å²) in [5.41, 5.74) is 10.0. The van der Waals surface area contributed by atoms with E-state index >= 15 is 0 Å². The number of rotatable bonds is 7. The Morgan fingerprint density at radius 3 is 2.67 bits per heavy atom. The molecular weight excluding hydrogens is 524 g/mol. The molecule has 5 aromatic rings. The number of nitrogens with zero attached hydrogens (tertiary/aromatic N) is 7. The fourth-order valence-corrected chi connectivity index (χ4v) is 6.07. The fourth-order valence-electron chi connectivity index (χ4n) is 5.13. The SMILES string of the molecule is Cc1csc([C@H]2CCCN2C(=O)c2cc(-c3nnc(C(C)(N)Cc4ccccc4)o3)nc(-c3ccnn3C)c2)n1. The van der Waals surface area contributed by atoms with Gasteiger partial charge in [-0.2, -0.15) is 5.10 Å². The maximum Gasteiger partial charge on any atom is 0.266 e. The fraction of sp³-hybridized carbons (Fsp3) is 0.310. The van der Waals surface area contributed by atoms with Gasteiger partial charge in [-0.1, -0.05) is 30.3 Å². The van der Waals surface area contributed by atoms with Gasteiger partial charge >= 0.3 is 0 Å². The molecule has 204 valence electrons. The molecule has 1 aliphatic rings. The summed E-state index contributed by atoms with van der Waals surface area (Å²) in [7, 11) is 1.83. The number of amides is 1. The van der Waals surface area contributed by atoms with Crippen molar-refractivity contribution in [2.24, 2.45) is 12.8 Å². The van der Waals surface area contributed by atoms with Crippen LogP contribution < -0.4 is 5.73 Å². The number of aryl methyl sites for hydroxylation is 2. The first-order chi connectivity index (χ1) is 19.3. The second-order valence-corrected chi connectivity index (χ2v) is 11.3. The molecule has 1 aliphatic heterocycles. The van der Waals surface area contributed by atoms with E-state index in [4.69, 9.17) is 15.1 Å². The summed E-state index contributed by atoms with van der Waals surface area (Å²) in [6.45, 7) is 4.50. The van der Waals surface area contributed by atoms with Gasteiger partial charge in [-0.25, -0.2) is 9.97 Å². The summed E-state index contributed by atoms with van der Waals surface area (Å²) >= 11 is 1.60. The highest BCUT2D eigenvalue weighted by molar-refractivity contribution is 7.09. The van der Waals surface area contributed by atoms with Crippen molar-refractivity contribution in [2.45, 2.75) is 44.7 Å². The number of benzene rings is 1. The number of carbonyl (C=O) groups excluding carboxylic acids is 1. The highest BCUT2D eigenvalue weighted by Crippen LogP contribution is 2.36. The van der Waals surface area contributed by atoms with Crippen molar-refractivity contribution in [3.8, 4) is 23.0 Å². The normalized spacial score (nSPS) is 16.8. The monoisotopic (exact) mass is 554 g/mol. The third kappa shape index (κ3) is 5.05. The molecule has 1 saturated heterocycles. The van der Waals surface area contributed by atoms with E-state index < -0.39 is 5.54 Å². The summed E-state index contributed by atoms with van der Waals surface area (Å²) in [6.07, 6.45) is 4.02. The van der Waals surface area contributed by atoms with Crippen LogP contribution in [0.25, 0.3) is 23.0 Å². The average molecular weight is 555 g/mol. The maximum atomic E-state index is 14.0. The Kier molecular flexibility index (Phi) is 6.77. The zero-order valence-corrected chi connectivity index (χ0v) is 23.4. The first-order valence-electron chi connectivity index (χ1n) is 13.2. The molecule has 0 saturated carbocycles. The first-order valence-corrected chi connectivity index (χ1v) is 14.1. The second-order valence-electron chi connectivity index (χ2n) is 10.4. The van der Waals surface area contributed by atoms with Crippen LogP contribution in [-0.2, 0) is 19.0 Å². The minimum atomic E-state index is -0.889. The molecule has 5 heterocycles. The molecule has 11 heteroatoms. The molecule has 10 nitrogen and oxygen atoms in total. The van der Waals surface area contributed by atoms with Gasteiger partial charge in [0.25, 0.3) is 11.8 Å². The molecule has 1 aromatic carbocycles. The Hall–Kier alpha value is -4.22. The third-order valence-electron chi connectivity index (χ3n) is 7.14. The van der Waals surface area contributed by atoms with Gasteiger partial charge in [0.1, 0.15) is 10.7 Å². The smallest absolute Gasteiger partial charge is 0.266 e. The van der Waals surface area contributed by atoms with E-state index in [1.165, 1.54) is 0 Å². The third-order valence-corrected chi connectivity index (χ3v) is 8.20.